The number of fused-ring (bicyclic) bond motifs is 1. The summed E-state index contributed by atoms with van der Waals surface area (Å²) < 4.78 is 11.0. The molecule has 0 aliphatic rings. The van der Waals surface area contributed by atoms with Crippen LogP contribution in [0.25, 0.3) is 11.0 Å². The molecule has 3 rings (SSSR count). The number of furan rings is 1. The number of aryl methyl sites for hydroxylation is 1. The first-order chi connectivity index (χ1) is 11.2. The SMILES string of the molecule is COc1cccc(NC(N)=NCc2oc3ccccc3c2C)c1. The Morgan fingerprint density at radius 3 is 2.83 bits per heavy atom. The highest BCUT2D eigenvalue weighted by Crippen LogP contribution is 2.25. The summed E-state index contributed by atoms with van der Waals surface area (Å²) in [7, 11) is 1.63. The lowest BCUT2D eigenvalue weighted by Gasteiger charge is -2.07. The van der Waals surface area contributed by atoms with Gasteiger partial charge in [-0.2, -0.15) is 0 Å². The Balaban J connectivity index is 1.74. The zero-order valence-corrected chi connectivity index (χ0v) is 13.2. The summed E-state index contributed by atoms with van der Waals surface area (Å²) in [5, 5.41) is 4.15. The fourth-order valence-electron chi connectivity index (χ4n) is 2.42. The van der Waals surface area contributed by atoms with Gasteiger partial charge in [-0.15, -0.1) is 0 Å². The zero-order chi connectivity index (χ0) is 16.2. The highest BCUT2D eigenvalue weighted by atomic mass is 16.5. The van der Waals surface area contributed by atoms with Gasteiger partial charge in [0.25, 0.3) is 0 Å². The lowest BCUT2D eigenvalue weighted by molar-refractivity contribution is 0.415. The van der Waals surface area contributed by atoms with Gasteiger partial charge < -0.3 is 20.2 Å². The fraction of sp³-hybridized carbons (Fsp3) is 0.167. The number of nitrogens with zero attached hydrogens (tertiary/aromatic N) is 1. The van der Waals surface area contributed by atoms with Crippen molar-refractivity contribution in [1.82, 2.24) is 0 Å². The molecule has 0 atom stereocenters. The van der Waals surface area contributed by atoms with Crippen LogP contribution < -0.4 is 15.8 Å². The molecule has 0 aliphatic carbocycles. The molecule has 5 nitrogen and oxygen atoms in total. The van der Waals surface area contributed by atoms with Crippen LogP contribution in [0.2, 0.25) is 0 Å². The van der Waals surface area contributed by atoms with E-state index in [-0.39, 0.29) is 0 Å². The predicted octanol–water partition coefficient (Wildman–Crippen LogP) is 3.68. The molecular weight excluding hydrogens is 290 g/mol. The van der Waals surface area contributed by atoms with Crippen LogP contribution in [-0.4, -0.2) is 13.1 Å². The smallest absolute Gasteiger partial charge is 0.193 e. The van der Waals surface area contributed by atoms with Crippen molar-refractivity contribution < 1.29 is 9.15 Å². The van der Waals surface area contributed by atoms with Crippen LogP contribution in [0.1, 0.15) is 11.3 Å². The van der Waals surface area contributed by atoms with Crippen molar-refractivity contribution >= 4 is 22.6 Å². The molecule has 1 aromatic heterocycles. The molecule has 5 heteroatoms. The number of benzene rings is 2. The third-order valence-corrected chi connectivity index (χ3v) is 3.68. The van der Waals surface area contributed by atoms with E-state index >= 15 is 0 Å². The van der Waals surface area contributed by atoms with Crippen LogP contribution in [0.4, 0.5) is 5.69 Å². The van der Waals surface area contributed by atoms with E-state index in [4.69, 9.17) is 14.9 Å². The van der Waals surface area contributed by atoms with Gasteiger partial charge in [0.05, 0.1) is 7.11 Å². The molecule has 23 heavy (non-hydrogen) atoms. The quantitative estimate of drug-likeness (QED) is 0.569. The first kappa shape index (κ1) is 15.0. The summed E-state index contributed by atoms with van der Waals surface area (Å²) in [5.74, 6) is 1.91. The van der Waals surface area contributed by atoms with Gasteiger partial charge in [-0.25, -0.2) is 4.99 Å². The number of guanidine groups is 1. The van der Waals surface area contributed by atoms with E-state index in [0.717, 1.165) is 33.7 Å². The van der Waals surface area contributed by atoms with Crippen LogP contribution in [0.5, 0.6) is 5.75 Å². The van der Waals surface area contributed by atoms with E-state index < -0.39 is 0 Å². The average molecular weight is 309 g/mol. The first-order valence-electron chi connectivity index (χ1n) is 7.35. The Kier molecular flexibility index (Phi) is 4.19. The summed E-state index contributed by atoms with van der Waals surface area (Å²) in [5.41, 5.74) is 8.74. The Labute approximate surface area is 134 Å². The second kappa shape index (κ2) is 6.44. The van der Waals surface area contributed by atoms with E-state index in [1.165, 1.54) is 0 Å². The molecular formula is C18H19N3O2. The van der Waals surface area contributed by atoms with Crippen molar-refractivity contribution in [2.24, 2.45) is 10.7 Å². The lowest BCUT2D eigenvalue weighted by Crippen LogP contribution is -2.22. The minimum Gasteiger partial charge on any atom is -0.497 e. The predicted molar refractivity (Wildman–Crippen MR) is 92.9 cm³/mol. The van der Waals surface area contributed by atoms with Gasteiger partial charge in [0, 0.05) is 22.7 Å². The van der Waals surface area contributed by atoms with Crippen LogP contribution in [0.15, 0.2) is 57.9 Å². The maximum Gasteiger partial charge on any atom is 0.193 e. The summed E-state index contributed by atoms with van der Waals surface area (Å²) >= 11 is 0. The number of anilines is 1. The van der Waals surface area contributed by atoms with Gasteiger partial charge >= 0.3 is 0 Å². The summed E-state index contributed by atoms with van der Waals surface area (Å²) in [6.45, 7) is 2.42. The van der Waals surface area contributed by atoms with Crippen molar-refractivity contribution in [2.75, 3.05) is 12.4 Å². The van der Waals surface area contributed by atoms with Gasteiger partial charge in [-0.05, 0) is 25.1 Å². The van der Waals surface area contributed by atoms with Crippen LogP contribution >= 0.6 is 0 Å². The minimum absolute atomic E-state index is 0.332. The molecule has 3 aromatic rings. The van der Waals surface area contributed by atoms with Crippen molar-refractivity contribution in [3.8, 4) is 5.75 Å². The Bertz CT molecular complexity index is 852. The monoisotopic (exact) mass is 309 g/mol. The molecule has 0 aliphatic heterocycles. The lowest BCUT2D eigenvalue weighted by atomic mass is 10.1. The molecule has 0 fully saturated rings. The van der Waals surface area contributed by atoms with Crippen LogP contribution in [0, 0.1) is 6.92 Å². The Hall–Kier alpha value is -2.95. The van der Waals surface area contributed by atoms with E-state index in [2.05, 4.69) is 10.3 Å². The summed E-state index contributed by atoms with van der Waals surface area (Å²) in [4.78, 5) is 4.35. The van der Waals surface area contributed by atoms with Crippen LogP contribution in [-0.2, 0) is 6.54 Å². The van der Waals surface area contributed by atoms with Crippen molar-refractivity contribution in [2.45, 2.75) is 13.5 Å². The van der Waals surface area contributed by atoms with E-state index in [1.54, 1.807) is 7.11 Å². The maximum atomic E-state index is 5.95. The van der Waals surface area contributed by atoms with E-state index in [9.17, 15) is 0 Å². The number of nitrogens with one attached hydrogen (secondary N) is 1. The largest absolute Gasteiger partial charge is 0.497 e. The zero-order valence-electron chi connectivity index (χ0n) is 13.2. The molecule has 0 radical (unpaired) electrons. The normalized spacial score (nSPS) is 11.7. The number of rotatable bonds is 4. The number of methoxy groups -OCH3 is 1. The number of hydrogen-bond acceptors (Lipinski definition) is 3. The molecule has 0 unspecified atom stereocenters. The molecule has 0 saturated heterocycles. The van der Waals surface area contributed by atoms with Gasteiger partial charge in [-0.3, -0.25) is 0 Å². The highest BCUT2D eigenvalue weighted by molar-refractivity contribution is 5.92. The minimum atomic E-state index is 0.332. The van der Waals surface area contributed by atoms with E-state index in [0.29, 0.717) is 12.5 Å². The van der Waals surface area contributed by atoms with Gasteiger partial charge in [0.2, 0.25) is 0 Å². The molecule has 2 aromatic carbocycles. The van der Waals surface area contributed by atoms with Crippen molar-refractivity contribution in [1.29, 1.82) is 0 Å². The standard InChI is InChI=1S/C18H19N3O2/c1-12-15-8-3-4-9-16(15)23-17(12)11-20-18(19)21-13-6-5-7-14(10-13)22-2/h3-10H,11H2,1-2H3,(H3,19,20,21). The van der Waals surface area contributed by atoms with Crippen molar-refractivity contribution in [3.05, 3.63) is 59.9 Å². The number of ether oxygens (including phenoxy) is 1. The second-order valence-corrected chi connectivity index (χ2v) is 5.20. The van der Waals surface area contributed by atoms with Gasteiger partial charge in [-0.1, -0.05) is 24.3 Å². The fourth-order valence-corrected chi connectivity index (χ4v) is 2.42. The third kappa shape index (κ3) is 3.29. The highest BCUT2D eigenvalue weighted by Gasteiger charge is 2.09. The first-order valence-corrected chi connectivity index (χ1v) is 7.35. The summed E-state index contributed by atoms with van der Waals surface area (Å²) in [6, 6.07) is 15.5. The number of hydrogen-bond donors (Lipinski definition) is 2. The second-order valence-electron chi connectivity index (χ2n) is 5.20. The molecule has 0 amide bonds. The molecule has 0 bridgehead atoms. The Morgan fingerprint density at radius 1 is 1.22 bits per heavy atom. The number of para-hydroxylation sites is 1. The van der Waals surface area contributed by atoms with Crippen LogP contribution in [0.3, 0.4) is 0 Å². The van der Waals surface area contributed by atoms with E-state index in [1.807, 2.05) is 55.5 Å². The van der Waals surface area contributed by atoms with Gasteiger partial charge in [0.15, 0.2) is 5.96 Å². The molecule has 1 heterocycles. The third-order valence-electron chi connectivity index (χ3n) is 3.68. The maximum absolute atomic E-state index is 5.95. The topological polar surface area (TPSA) is 72.8 Å². The summed E-state index contributed by atoms with van der Waals surface area (Å²) in [6.07, 6.45) is 0. The number of nitrogens with two attached hydrogens (primary N) is 1. The Morgan fingerprint density at radius 2 is 2.04 bits per heavy atom. The molecule has 118 valence electrons. The molecule has 3 N–H and O–H groups in total. The number of aliphatic imine (C=N–C) groups is 1. The average Bonchev–Trinajstić information content (AvgIpc) is 2.90. The van der Waals surface area contributed by atoms with Crippen molar-refractivity contribution in [3.63, 3.8) is 0 Å². The molecule has 0 spiro atoms. The van der Waals surface area contributed by atoms with Gasteiger partial charge in [0.1, 0.15) is 23.6 Å². The molecule has 0 saturated carbocycles.